The van der Waals surface area contributed by atoms with Crippen molar-refractivity contribution in [3.8, 4) is 11.5 Å². The van der Waals surface area contributed by atoms with Gasteiger partial charge in [-0.05, 0) is 54.0 Å². The first-order valence-electron chi connectivity index (χ1n) is 7.31. The van der Waals surface area contributed by atoms with Gasteiger partial charge in [-0.1, -0.05) is 0 Å². The highest BCUT2D eigenvalue weighted by molar-refractivity contribution is 7.10. The molecule has 3 rings (SSSR count). The first-order valence-corrected chi connectivity index (χ1v) is 8.19. The van der Waals surface area contributed by atoms with E-state index in [0.717, 1.165) is 18.0 Å². The largest absolute Gasteiger partial charge is 0.497 e. The van der Waals surface area contributed by atoms with E-state index in [2.05, 4.69) is 28.9 Å². The number of nitrogens with one attached hydrogen (secondary N) is 1. The number of benzene rings is 1. The summed E-state index contributed by atoms with van der Waals surface area (Å²) in [7, 11) is 3.37. The van der Waals surface area contributed by atoms with Crippen LogP contribution < -0.4 is 14.8 Å². The minimum Gasteiger partial charge on any atom is -0.497 e. The van der Waals surface area contributed by atoms with E-state index in [1.54, 1.807) is 19.1 Å². The third kappa shape index (κ3) is 3.22. The molecule has 1 atom stereocenters. The van der Waals surface area contributed by atoms with Gasteiger partial charge in [0, 0.05) is 23.5 Å². The van der Waals surface area contributed by atoms with E-state index in [-0.39, 0.29) is 0 Å². The maximum atomic E-state index is 5.33. The van der Waals surface area contributed by atoms with Crippen molar-refractivity contribution in [3.05, 3.63) is 45.6 Å². The van der Waals surface area contributed by atoms with Gasteiger partial charge in [-0.15, -0.1) is 11.3 Å². The van der Waals surface area contributed by atoms with Crippen molar-refractivity contribution in [3.63, 3.8) is 0 Å². The smallest absolute Gasteiger partial charge is 0.122 e. The summed E-state index contributed by atoms with van der Waals surface area (Å²) in [6.07, 6.45) is 3.72. The van der Waals surface area contributed by atoms with Crippen LogP contribution in [-0.2, 0) is 13.0 Å². The fourth-order valence-corrected chi connectivity index (χ4v) is 3.90. The maximum absolute atomic E-state index is 5.33. The van der Waals surface area contributed by atoms with E-state index in [0.29, 0.717) is 6.04 Å². The van der Waals surface area contributed by atoms with Crippen LogP contribution in [0.4, 0.5) is 0 Å². The number of fused-ring (bicyclic) bond motifs is 1. The summed E-state index contributed by atoms with van der Waals surface area (Å²) in [6.45, 7) is 0.827. The molecule has 0 bridgehead atoms. The third-order valence-corrected chi connectivity index (χ3v) is 5.01. The predicted octanol–water partition coefficient (Wildman–Crippen LogP) is 3.93. The van der Waals surface area contributed by atoms with E-state index in [4.69, 9.17) is 9.47 Å². The second kappa shape index (κ2) is 6.50. The van der Waals surface area contributed by atoms with Gasteiger partial charge in [0.2, 0.25) is 0 Å². The summed E-state index contributed by atoms with van der Waals surface area (Å²) in [5.41, 5.74) is 2.68. The van der Waals surface area contributed by atoms with Crippen LogP contribution in [0.1, 0.15) is 34.9 Å². The zero-order chi connectivity index (χ0) is 14.7. The Hall–Kier alpha value is -1.52. The van der Waals surface area contributed by atoms with Crippen LogP contribution in [0.3, 0.4) is 0 Å². The highest BCUT2D eigenvalue weighted by Crippen LogP contribution is 2.33. The second-order valence-electron chi connectivity index (χ2n) is 5.35. The lowest BCUT2D eigenvalue weighted by Gasteiger charge is -2.24. The molecule has 0 radical (unpaired) electrons. The molecule has 1 heterocycles. The van der Waals surface area contributed by atoms with Gasteiger partial charge in [-0.3, -0.25) is 0 Å². The average Bonchev–Trinajstić information content (AvgIpc) is 3.01. The Morgan fingerprint density at radius 1 is 1.19 bits per heavy atom. The standard InChI is InChI=1S/C17H21NO2S/c1-19-13-8-12(9-14(10-13)20-2)11-18-16-4-3-5-17-15(16)6-7-21-17/h6-10,16,18H,3-5,11H2,1-2H3. The van der Waals surface area contributed by atoms with Gasteiger partial charge in [0.1, 0.15) is 11.5 Å². The van der Waals surface area contributed by atoms with Crippen LogP contribution in [-0.4, -0.2) is 14.2 Å². The van der Waals surface area contributed by atoms with Crippen molar-refractivity contribution in [2.45, 2.75) is 31.8 Å². The van der Waals surface area contributed by atoms with Gasteiger partial charge in [0.25, 0.3) is 0 Å². The predicted molar refractivity (Wildman–Crippen MR) is 86.4 cm³/mol. The van der Waals surface area contributed by atoms with E-state index >= 15 is 0 Å². The van der Waals surface area contributed by atoms with Crippen molar-refractivity contribution in [1.82, 2.24) is 5.32 Å². The SMILES string of the molecule is COc1cc(CNC2CCCc3sccc32)cc(OC)c1. The van der Waals surface area contributed by atoms with Crippen molar-refractivity contribution < 1.29 is 9.47 Å². The van der Waals surface area contributed by atoms with Gasteiger partial charge < -0.3 is 14.8 Å². The summed E-state index contributed by atoms with van der Waals surface area (Å²) in [4.78, 5) is 1.54. The van der Waals surface area contributed by atoms with Crippen molar-refractivity contribution in [2.24, 2.45) is 0 Å². The second-order valence-corrected chi connectivity index (χ2v) is 6.35. The normalized spacial score (nSPS) is 17.3. The van der Waals surface area contributed by atoms with Gasteiger partial charge in [0.15, 0.2) is 0 Å². The Morgan fingerprint density at radius 3 is 2.67 bits per heavy atom. The molecule has 0 fully saturated rings. The summed E-state index contributed by atoms with van der Waals surface area (Å²) in [5.74, 6) is 1.68. The molecule has 3 nitrogen and oxygen atoms in total. The first kappa shape index (κ1) is 14.4. The molecular weight excluding hydrogens is 282 g/mol. The van der Waals surface area contributed by atoms with E-state index in [1.165, 1.54) is 30.4 Å². The molecule has 112 valence electrons. The monoisotopic (exact) mass is 303 g/mol. The van der Waals surface area contributed by atoms with Gasteiger partial charge >= 0.3 is 0 Å². The number of rotatable bonds is 5. The Bertz CT molecular complexity index is 586. The van der Waals surface area contributed by atoms with Gasteiger partial charge in [-0.2, -0.15) is 0 Å². The molecule has 2 aromatic rings. The number of thiophene rings is 1. The topological polar surface area (TPSA) is 30.5 Å². The highest BCUT2D eigenvalue weighted by atomic mass is 32.1. The number of hydrogen-bond donors (Lipinski definition) is 1. The average molecular weight is 303 g/mol. The summed E-state index contributed by atoms with van der Waals surface area (Å²) < 4.78 is 10.7. The Morgan fingerprint density at radius 2 is 1.95 bits per heavy atom. The first-order chi connectivity index (χ1) is 10.3. The van der Waals surface area contributed by atoms with Crippen LogP contribution >= 0.6 is 11.3 Å². The lowest BCUT2D eigenvalue weighted by atomic mass is 9.94. The Balaban J connectivity index is 1.71. The van der Waals surface area contributed by atoms with Gasteiger partial charge in [0.05, 0.1) is 14.2 Å². The summed E-state index contributed by atoms with van der Waals surface area (Å²) in [5, 5.41) is 5.89. The zero-order valence-corrected chi connectivity index (χ0v) is 13.3. The molecule has 1 N–H and O–H groups in total. The molecule has 4 heteroatoms. The summed E-state index contributed by atoms with van der Waals surface area (Å²) >= 11 is 1.88. The molecule has 1 aromatic heterocycles. The van der Waals surface area contributed by atoms with Crippen molar-refractivity contribution >= 4 is 11.3 Å². The van der Waals surface area contributed by atoms with Crippen LogP contribution in [0.15, 0.2) is 29.6 Å². The van der Waals surface area contributed by atoms with Crippen LogP contribution in [0.2, 0.25) is 0 Å². The molecule has 0 spiro atoms. The molecule has 0 amide bonds. The maximum Gasteiger partial charge on any atom is 0.122 e. The zero-order valence-electron chi connectivity index (χ0n) is 12.5. The minimum absolute atomic E-state index is 0.470. The van der Waals surface area contributed by atoms with Crippen LogP contribution in [0.5, 0.6) is 11.5 Å². The lowest BCUT2D eigenvalue weighted by molar-refractivity contribution is 0.392. The molecule has 0 saturated heterocycles. The molecule has 1 aromatic carbocycles. The number of hydrogen-bond acceptors (Lipinski definition) is 4. The molecule has 0 saturated carbocycles. The molecule has 1 aliphatic rings. The van der Waals surface area contributed by atoms with E-state index in [9.17, 15) is 0 Å². The minimum atomic E-state index is 0.470. The number of methoxy groups -OCH3 is 2. The van der Waals surface area contributed by atoms with Crippen molar-refractivity contribution in [1.29, 1.82) is 0 Å². The van der Waals surface area contributed by atoms with Gasteiger partial charge in [-0.25, -0.2) is 0 Å². The quantitative estimate of drug-likeness (QED) is 0.908. The van der Waals surface area contributed by atoms with Crippen LogP contribution in [0, 0.1) is 0 Å². The molecule has 1 unspecified atom stereocenters. The Kier molecular flexibility index (Phi) is 4.46. The highest BCUT2D eigenvalue weighted by Gasteiger charge is 2.20. The number of ether oxygens (including phenoxy) is 2. The molecule has 1 aliphatic carbocycles. The van der Waals surface area contributed by atoms with E-state index in [1.807, 2.05) is 17.4 Å². The summed E-state index contributed by atoms with van der Waals surface area (Å²) in [6, 6.07) is 8.77. The number of aryl methyl sites for hydroxylation is 1. The molecular formula is C17H21NO2S. The van der Waals surface area contributed by atoms with Crippen LogP contribution in [0.25, 0.3) is 0 Å². The van der Waals surface area contributed by atoms with E-state index < -0.39 is 0 Å². The third-order valence-electron chi connectivity index (χ3n) is 4.02. The molecule has 0 aliphatic heterocycles. The fourth-order valence-electron chi connectivity index (χ4n) is 2.91. The molecule has 21 heavy (non-hydrogen) atoms. The van der Waals surface area contributed by atoms with Crippen molar-refractivity contribution in [2.75, 3.05) is 14.2 Å². The Labute approximate surface area is 129 Å². The fraction of sp³-hybridized carbons (Fsp3) is 0.412. The lowest BCUT2D eigenvalue weighted by Crippen LogP contribution is -2.23.